The molecule has 0 unspecified atom stereocenters. The van der Waals surface area contributed by atoms with E-state index in [0.717, 1.165) is 53.5 Å². The number of hydrogen-bond donors (Lipinski definition) is 5. The molecule has 1 atom stereocenters. The Morgan fingerprint density at radius 1 is 0.955 bits per heavy atom. The van der Waals surface area contributed by atoms with Crippen molar-refractivity contribution in [3.05, 3.63) is 83.4 Å². The number of amides is 3. The van der Waals surface area contributed by atoms with Gasteiger partial charge in [-0.15, -0.1) is 10.2 Å². The second kappa shape index (κ2) is 14.0. The lowest BCUT2D eigenvalue weighted by Crippen LogP contribution is -2.48. The largest absolute Gasteiger partial charge is 0.355 e. The van der Waals surface area contributed by atoms with Gasteiger partial charge >= 0.3 is 0 Å². The average Bonchev–Trinajstić information content (AvgIpc) is 3.60. The molecule has 1 aliphatic carbocycles. The molecule has 0 saturated heterocycles. The Morgan fingerprint density at radius 3 is 2.27 bits per heavy atom. The summed E-state index contributed by atoms with van der Waals surface area (Å²) >= 11 is 0. The molecular weight excluding hydrogens is 556 g/mol. The number of hydrogen-bond acceptors (Lipinski definition) is 7. The van der Waals surface area contributed by atoms with Crippen molar-refractivity contribution in [3.63, 3.8) is 0 Å². The molecular formula is C33H38N8O3. The van der Waals surface area contributed by atoms with Gasteiger partial charge in [-0.3, -0.25) is 14.4 Å². The Bertz CT molecular complexity index is 1580. The van der Waals surface area contributed by atoms with Crippen LogP contribution in [-0.2, 0) is 16.0 Å². The lowest BCUT2D eigenvalue weighted by molar-refractivity contribution is -0.130. The molecule has 1 fully saturated rings. The minimum atomic E-state index is -0.772. The molecule has 11 nitrogen and oxygen atoms in total. The maximum absolute atomic E-state index is 13.6. The van der Waals surface area contributed by atoms with Gasteiger partial charge in [-0.05, 0) is 109 Å². The van der Waals surface area contributed by atoms with Gasteiger partial charge in [0.15, 0.2) is 0 Å². The number of nitrogens with two attached hydrogens (primary N) is 1. The summed E-state index contributed by atoms with van der Waals surface area (Å²) in [5, 5.41) is 22.6. The van der Waals surface area contributed by atoms with Crippen molar-refractivity contribution >= 4 is 23.4 Å². The molecule has 0 bridgehead atoms. The number of nitrogens with one attached hydrogen (secondary N) is 4. The third-order valence-electron chi connectivity index (χ3n) is 8.36. The Morgan fingerprint density at radius 2 is 1.66 bits per heavy atom. The van der Waals surface area contributed by atoms with E-state index in [1.54, 1.807) is 37.4 Å². The van der Waals surface area contributed by atoms with Crippen molar-refractivity contribution in [1.82, 2.24) is 31.3 Å². The third kappa shape index (κ3) is 7.35. The van der Waals surface area contributed by atoms with Gasteiger partial charge in [-0.1, -0.05) is 30.3 Å². The van der Waals surface area contributed by atoms with Gasteiger partial charge in [-0.25, -0.2) is 0 Å². The summed E-state index contributed by atoms with van der Waals surface area (Å²) in [6, 6.07) is 19.9. The first-order chi connectivity index (χ1) is 21.3. The number of carbonyl (C=O) groups excluding carboxylic acids is 3. The Hall–Kier alpha value is -4.90. The molecule has 228 valence electrons. The number of benzene rings is 3. The molecule has 1 aliphatic rings. The zero-order valence-corrected chi connectivity index (χ0v) is 25.0. The van der Waals surface area contributed by atoms with Crippen LogP contribution in [0.4, 0.5) is 5.69 Å². The van der Waals surface area contributed by atoms with E-state index in [0.29, 0.717) is 36.0 Å². The average molecular weight is 595 g/mol. The van der Waals surface area contributed by atoms with Crippen LogP contribution in [0.5, 0.6) is 0 Å². The Labute approximate surface area is 256 Å². The second-order valence-electron chi connectivity index (χ2n) is 11.3. The first kappa shape index (κ1) is 30.6. The molecule has 1 aromatic heterocycles. The normalized spacial score (nSPS) is 17.0. The van der Waals surface area contributed by atoms with Gasteiger partial charge in [0.05, 0.1) is 0 Å². The van der Waals surface area contributed by atoms with Crippen LogP contribution in [0, 0.1) is 18.8 Å². The zero-order valence-electron chi connectivity index (χ0n) is 25.0. The maximum Gasteiger partial charge on any atom is 0.251 e. The zero-order chi connectivity index (χ0) is 31.1. The van der Waals surface area contributed by atoms with Crippen LogP contribution in [0.15, 0.2) is 66.7 Å². The van der Waals surface area contributed by atoms with Crippen LogP contribution in [0.3, 0.4) is 0 Å². The highest BCUT2D eigenvalue weighted by Crippen LogP contribution is 2.29. The minimum absolute atomic E-state index is 0.100. The van der Waals surface area contributed by atoms with E-state index in [1.165, 1.54) is 0 Å². The number of aryl methyl sites for hydroxylation is 1. The quantitative estimate of drug-likeness (QED) is 0.187. The molecule has 3 aromatic carbocycles. The van der Waals surface area contributed by atoms with Crippen molar-refractivity contribution < 1.29 is 14.4 Å². The van der Waals surface area contributed by atoms with Crippen LogP contribution in [-0.4, -0.2) is 58.0 Å². The predicted octanol–water partition coefficient (Wildman–Crippen LogP) is 3.63. The highest BCUT2D eigenvalue weighted by atomic mass is 16.2. The number of rotatable bonds is 10. The molecule has 6 N–H and O–H groups in total. The highest BCUT2D eigenvalue weighted by molar-refractivity contribution is 5.98. The number of H-pyrrole nitrogens is 1. The summed E-state index contributed by atoms with van der Waals surface area (Å²) in [4.78, 5) is 38.9. The van der Waals surface area contributed by atoms with Crippen LogP contribution >= 0.6 is 0 Å². The molecule has 5 rings (SSSR count). The Kier molecular flexibility index (Phi) is 9.75. The van der Waals surface area contributed by atoms with Crippen LogP contribution in [0.25, 0.3) is 22.5 Å². The summed E-state index contributed by atoms with van der Waals surface area (Å²) in [5.74, 6) is 0.249. The number of anilines is 1. The summed E-state index contributed by atoms with van der Waals surface area (Å²) < 4.78 is 0. The van der Waals surface area contributed by atoms with Gasteiger partial charge in [0.25, 0.3) is 5.91 Å². The molecule has 1 heterocycles. The standard InChI is InChI=1S/C33H38N8O3/c1-20-17-26(31(42)35-2)13-16-28(20)23-7-3-21(4-8-23)18-29(37-32(43)25-9-5-22(19-34)6-10-25)33(44)36-27-14-11-24(12-15-27)30-38-40-41-39-30/h3-4,7-8,11-17,22,25,29H,5-6,9-10,18-19,34H2,1-2H3,(H,35,42)(H,36,44)(H,37,43)(H,38,39,40,41)/t22-,25-,29-/m0/s1. The SMILES string of the molecule is CNC(=O)c1ccc(-c2ccc(C[C@H](NC(=O)[C@H]3CC[C@H](CN)CC3)C(=O)Nc3ccc(-c4nn[nH]n4)cc3)cc2)c(C)c1. The van der Waals surface area contributed by atoms with Crippen LogP contribution in [0.1, 0.15) is 47.2 Å². The van der Waals surface area contributed by atoms with Gasteiger partial charge < -0.3 is 21.7 Å². The van der Waals surface area contributed by atoms with Gasteiger partial charge in [0, 0.05) is 36.2 Å². The summed E-state index contributed by atoms with van der Waals surface area (Å²) in [5.41, 5.74) is 11.7. The summed E-state index contributed by atoms with van der Waals surface area (Å²) in [6.45, 7) is 2.61. The number of aromatic amines is 1. The topological polar surface area (TPSA) is 168 Å². The van der Waals surface area contributed by atoms with Gasteiger partial charge in [-0.2, -0.15) is 5.21 Å². The number of tetrazole rings is 1. The van der Waals surface area contributed by atoms with E-state index < -0.39 is 6.04 Å². The van der Waals surface area contributed by atoms with Crippen molar-refractivity contribution in [2.24, 2.45) is 17.6 Å². The number of aromatic nitrogens is 4. The van der Waals surface area contributed by atoms with E-state index in [1.807, 2.05) is 43.3 Å². The van der Waals surface area contributed by atoms with E-state index >= 15 is 0 Å². The molecule has 0 aliphatic heterocycles. The van der Waals surface area contributed by atoms with E-state index in [2.05, 4.69) is 36.6 Å². The molecule has 3 amide bonds. The van der Waals surface area contributed by atoms with Crippen molar-refractivity contribution in [3.8, 4) is 22.5 Å². The van der Waals surface area contributed by atoms with Crippen molar-refractivity contribution in [1.29, 1.82) is 0 Å². The molecule has 11 heteroatoms. The monoisotopic (exact) mass is 594 g/mol. The molecule has 0 radical (unpaired) electrons. The van der Waals surface area contributed by atoms with E-state index in [4.69, 9.17) is 5.73 Å². The lowest BCUT2D eigenvalue weighted by atomic mass is 9.81. The van der Waals surface area contributed by atoms with Crippen LogP contribution < -0.4 is 21.7 Å². The number of carbonyl (C=O) groups is 3. The van der Waals surface area contributed by atoms with Gasteiger partial charge in [0.1, 0.15) is 6.04 Å². The fourth-order valence-corrected chi connectivity index (χ4v) is 5.70. The Balaban J connectivity index is 1.31. The minimum Gasteiger partial charge on any atom is -0.355 e. The van der Waals surface area contributed by atoms with E-state index in [-0.39, 0.29) is 23.6 Å². The predicted molar refractivity (Wildman–Crippen MR) is 168 cm³/mol. The second-order valence-corrected chi connectivity index (χ2v) is 11.3. The van der Waals surface area contributed by atoms with Crippen molar-refractivity contribution in [2.75, 3.05) is 18.9 Å². The maximum atomic E-state index is 13.6. The van der Waals surface area contributed by atoms with Gasteiger partial charge in [0.2, 0.25) is 17.6 Å². The van der Waals surface area contributed by atoms with E-state index in [9.17, 15) is 14.4 Å². The van der Waals surface area contributed by atoms with Crippen LogP contribution in [0.2, 0.25) is 0 Å². The number of nitrogens with zero attached hydrogens (tertiary/aromatic N) is 3. The summed E-state index contributed by atoms with van der Waals surface area (Å²) in [7, 11) is 1.61. The fraction of sp³-hybridized carbons (Fsp3) is 0.333. The molecule has 4 aromatic rings. The molecule has 44 heavy (non-hydrogen) atoms. The first-order valence-electron chi connectivity index (χ1n) is 14.9. The summed E-state index contributed by atoms with van der Waals surface area (Å²) in [6.07, 6.45) is 3.70. The molecule has 1 saturated carbocycles. The van der Waals surface area contributed by atoms with Crippen molar-refractivity contribution in [2.45, 2.75) is 45.1 Å². The fourth-order valence-electron chi connectivity index (χ4n) is 5.70. The lowest BCUT2D eigenvalue weighted by Gasteiger charge is -2.28. The molecule has 0 spiro atoms. The first-order valence-corrected chi connectivity index (χ1v) is 14.9. The smallest absolute Gasteiger partial charge is 0.251 e. The third-order valence-corrected chi connectivity index (χ3v) is 8.36. The highest BCUT2D eigenvalue weighted by Gasteiger charge is 2.29.